The molecule has 0 aromatic rings. The van der Waals surface area contributed by atoms with Crippen molar-refractivity contribution in [3.8, 4) is 0 Å². The van der Waals surface area contributed by atoms with Gasteiger partial charge < -0.3 is 19.6 Å². The van der Waals surface area contributed by atoms with Gasteiger partial charge in [-0.2, -0.15) is 0 Å². The van der Waals surface area contributed by atoms with Crippen LogP contribution in [0.25, 0.3) is 0 Å². The summed E-state index contributed by atoms with van der Waals surface area (Å²) < 4.78 is 10.2. The summed E-state index contributed by atoms with van der Waals surface area (Å²) in [5.74, 6) is -3.96. The zero-order chi connectivity index (χ0) is 23.9. The summed E-state index contributed by atoms with van der Waals surface area (Å²) in [6, 6.07) is -1.07. The smallest absolute Gasteiger partial charge is 0.333 e. The average molecular weight is 456 g/mol. The molecule has 11 heteroatoms. The molecule has 1 aliphatic rings. The number of rotatable bonds is 15. The van der Waals surface area contributed by atoms with Crippen molar-refractivity contribution in [1.29, 1.82) is 0 Å². The zero-order valence-corrected chi connectivity index (χ0v) is 18.7. The summed E-state index contributed by atoms with van der Waals surface area (Å²) in [6.07, 6.45) is 2.18. The van der Waals surface area contributed by atoms with Crippen LogP contribution in [-0.2, 0) is 43.1 Å². The molecule has 1 rings (SSSR count). The number of carbonyl (C=O) groups excluding carboxylic acids is 6. The van der Waals surface area contributed by atoms with E-state index in [9.17, 15) is 28.8 Å². The number of nitrogens with zero attached hydrogens (tertiary/aromatic N) is 1. The highest BCUT2D eigenvalue weighted by Gasteiger charge is 2.33. The fraction of sp³-hybridized carbons (Fsp3) is 0.714. The third kappa shape index (κ3) is 10.4. The van der Waals surface area contributed by atoms with Crippen molar-refractivity contribution in [2.45, 2.75) is 84.1 Å². The number of esters is 2. The number of unbranched alkanes of at least 4 members (excludes halogenated alkanes) is 2. The second-order valence-corrected chi connectivity index (χ2v) is 7.30. The molecule has 1 aliphatic heterocycles. The van der Waals surface area contributed by atoms with E-state index in [2.05, 4.69) is 5.32 Å². The Morgan fingerprint density at radius 1 is 0.875 bits per heavy atom. The molecule has 1 heterocycles. The fourth-order valence-electron chi connectivity index (χ4n) is 2.62. The van der Waals surface area contributed by atoms with Gasteiger partial charge >= 0.3 is 17.9 Å². The van der Waals surface area contributed by atoms with E-state index in [1.54, 1.807) is 0 Å². The summed E-state index contributed by atoms with van der Waals surface area (Å²) in [6.45, 7) is 4.37. The monoisotopic (exact) mass is 456 g/mol. The Balaban J connectivity index is 2.52. The minimum absolute atomic E-state index is 0.0110. The maximum Gasteiger partial charge on any atom is 0.333 e. The van der Waals surface area contributed by atoms with Crippen LogP contribution in [0.3, 0.4) is 0 Å². The Kier molecular flexibility index (Phi) is 12.6. The summed E-state index contributed by atoms with van der Waals surface area (Å²) in [5.41, 5.74) is 0. The van der Waals surface area contributed by atoms with Gasteiger partial charge in [0.05, 0.1) is 19.6 Å². The molecule has 1 atom stereocenters. The van der Waals surface area contributed by atoms with Gasteiger partial charge in [0.1, 0.15) is 6.04 Å². The quantitative estimate of drug-likeness (QED) is 0.219. The van der Waals surface area contributed by atoms with Gasteiger partial charge in [0.2, 0.25) is 5.91 Å². The molecule has 0 spiro atoms. The third-order valence-electron chi connectivity index (χ3n) is 4.52. The number of hydrogen-bond donors (Lipinski definition) is 1. The van der Waals surface area contributed by atoms with E-state index in [1.165, 1.54) is 0 Å². The molecule has 3 amide bonds. The number of carbonyl (C=O) groups is 6. The zero-order valence-electron chi connectivity index (χ0n) is 18.7. The van der Waals surface area contributed by atoms with E-state index in [0.717, 1.165) is 19.3 Å². The molecule has 32 heavy (non-hydrogen) atoms. The first-order chi connectivity index (χ1) is 15.3. The number of amides is 3. The highest BCUT2D eigenvalue weighted by atomic mass is 16.7. The van der Waals surface area contributed by atoms with E-state index in [1.807, 2.05) is 13.8 Å². The first-order valence-corrected chi connectivity index (χ1v) is 11.0. The predicted molar refractivity (Wildman–Crippen MR) is 109 cm³/mol. The molecule has 0 bridgehead atoms. The number of ether oxygens (including phenoxy) is 2. The number of hydroxylamine groups is 2. The van der Waals surface area contributed by atoms with Crippen molar-refractivity contribution in [3.05, 3.63) is 0 Å². The SMILES string of the molecule is CCCCOC(=O)CC[C@H](NC(=O)CCC(=O)ON1C(=O)CCC1=O)C(=O)OCCCC. The molecule has 0 radical (unpaired) electrons. The summed E-state index contributed by atoms with van der Waals surface area (Å²) in [5, 5.41) is 2.86. The van der Waals surface area contributed by atoms with Crippen LogP contribution < -0.4 is 5.32 Å². The van der Waals surface area contributed by atoms with Crippen LogP contribution in [0.15, 0.2) is 0 Å². The topological polar surface area (TPSA) is 145 Å². The fourth-order valence-corrected chi connectivity index (χ4v) is 2.62. The molecule has 0 aliphatic carbocycles. The highest BCUT2D eigenvalue weighted by molar-refractivity contribution is 6.01. The maximum absolute atomic E-state index is 12.3. The summed E-state index contributed by atoms with van der Waals surface area (Å²) in [7, 11) is 0. The first-order valence-electron chi connectivity index (χ1n) is 11.0. The lowest BCUT2D eigenvalue weighted by Crippen LogP contribution is -2.42. The van der Waals surface area contributed by atoms with E-state index in [0.29, 0.717) is 11.5 Å². The molecular formula is C21H32N2O9. The first kappa shape index (κ1) is 27.1. The van der Waals surface area contributed by atoms with E-state index >= 15 is 0 Å². The average Bonchev–Trinajstić information content (AvgIpc) is 3.07. The second kappa shape index (κ2) is 14.9. The molecule has 1 fully saturated rings. The molecule has 0 unspecified atom stereocenters. The van der Waals surface area contributed by atoms with Crippen LogP contribution in [0.4, 0.5) is 0 Å². The lowest BCUT2D eigenvalue weighted by molar-refractivity contribution is -0.197. The molecular weight excluding hydrogens is 424 g/mol. The van der Waals surface area contributed by atoms with Crippen molar-refractivity contribution >= 4 is 35.6 Å². The Bertz CT molecular complexity index is 677. The van der Waals surface area contributed by atoms with Gasteiger partial charge in [-0.1, -0.05) is 26.7 Å². The molecule has 1 saturated heterocycles. The van der Waals surface area contributed by atoms with Gasteiger partial charge in [-0.15, -0.1) is 5.06 Å². The maximum atomic E-state index is 12.3. The molecule has 1 N–H and O–H groups in total. The van der Waals surface area contributed by atoms with Crippen molar-refractivity contribution in [2.24, 2.45) is 0 Å². The number of hydrogen-bond acceptors (Lipinski definition) is 9. The van der Waals surface area contributed by atoms with Crippen molar-refractivity contribution in [3.63, 3.8) is 0 Å². The summed E-state index contributed by atoms with van der Waals surface area (Å²) >= 11 is 0. The van der Waals surface area contributed by atoms with Crippen LogP contribution in [0, 0.1) is 0 Å². The van der Waals surface area contributed by atoms with Gasteiger partial charge in [-0.25, -0.2) is 9.59 Å². The largest absolute Gasteiger partial charge is 0.466 e. The predicted octanol–water partition coefficient (Wildman–Crippen LogP) is 1.33. The lowest BCUT2D eigenvalue weighted by atomic mass is 10.1. The van der Waals surface area contributed by atoms with Crippen molar-refractivity contribution in [2.75, 3.05) is 13.2 Å². The Hall–Kier alpha value is -2.98. The molecule has 0 aromatic heterocycles. The Labute approximate surface area is 187 Å². The molecule has 0 saturated carbocycles. The van der Waals surface area contributed by atoms with Gasteiger partial charge in [0.25, 0.3) is 11.8 Å². The van der Waals surface area contributed by atoms with Crippen LogP contribution in [0.2, 0.25) is 0 Å². The van der Waals surface area contributed by atoms with Crippen LogP contribution in [-0.4, -0.2) is 59.9 Å². The second-order valence-electron chi connectivity index (χ2n) is 7.30. The summed E-state index contributed by atoms with van der Waals surface area (Å²) in [4.78, 5) is 75.8. The van der Waals surface area contributed by atoms with Gasteiger partial charge in [-0.05, 0) is 19.3 Å². The minimum Gasteiger partial charge on any atom is -0.466 e. The van der Waals surface area contributed by atoms with E-state index in [-0.39, 0.29) is 45.3 Å². The highest BCUT2D eigenvalue weighted by Crippen LogP contribution is 2.13. The number of nitrogens with one attached hydrogen (secondary N) is 1. The van der Waals surface area contributed by atoms with Gasteiger partial charge in [0, 0.05) is 25.7 Å². The van der Waals surface area contributed by atoms with Gasteiger partial charge in [-0.3, -0.25) is 19.2 Å². The lowest BCUT2D eigenvalue weighted by Gasteiger charge is -2.18. The van der Waals surface area contributed by atoms with Crippen LogP contribution >= 0.6 is 0 Å². The van der Waals surface area contributed by atoms with Crippen molar-refractivity contribution < 1.29 is 43.1 Å². The molecule has 0 aromatic carbocycles. The van der Waals surface area contributed by atoms with E-state index < -0.39 is 48.1 Å². The van der Waals surface area contributed by atoms with Crippen LogP contribution in [0.1, 0.15) is 78.1 Å². The Morgan fingerprint density at radius 3 is 2.06 bits per heavy atom. The van der Waals surface area contributed by atoms with E-state index in [4.69, 9.17) is 14.3 Å². The van der Waals surface area contributed by atoms with Crippen molar-refractivity contribution in [1.82, 2.24) is 10.4 Å². The molecule has 11 nitrogen and oxygen atoms in total. The molecule has 180 valence electrons. The normalized spacial score (nSPS) is 14.1. The number of imide groups is 1. The minimum atomic E-state index is -1.07. The Morgan fingerprint density at radius 2 is 1.47 bits per heavy atom. The standard InChI is InChI=1S/C21H32N2O9/c1-3-5-13-30-19(27)11-7-15(21(29)31-14-6-4-2)22-16(24)8-12-20(28)32-23-17(25)9-10-18(23)26/h15H,3-14H2,1-2H3,(H,22,24)/t15-/m0/s1. The van der Waals surface area contributed by atoms with Gasteiger partial charge in [0.15, 0.2) is 0 Å². The van der Waals surface area contributed by atoms with Crippen LogP contribution in [0.5, 0.6) is 0 Å². The third-order valence-corrected chi connectivity index (χ3v) is 4.52.